The molecule has 10 heteroatoms. The van der Waals surface area contributed by atoms with Gasteiger partial charge in [-0.15, -0.1) is 0 Å². The zero-order valence-electron chi connectivity index (χ0n) is 19.0. The van der Waals surface area contributed by atoms with Gasteiger partial charge in [0.1, 0.15) is 18.7 Å². The van der Waals surface area contributed by atoms with E-state index >= 15 is 0 Å². The number of hydrogen-bond acceptors (Lipinski definition) is 7. The molecule has 0 spiro atoms. The highest BCUT2D eigenvalue weighted by Crippen LogP contribution is 2.34. The molecule has 1 aromatic carbocycles. The van der Waals surface area contributed by atoms with Crippen LogP contribution in [0.5, 0.6) is 0 Å². The smallest absolute Gasteiger partial charge is 0.354 e. The van der Waals surface area contributed by atoms with Gasteiger partial charge < -0.3 is 14.3 Å². The summed E-state index contributed by atoms with van der Waals surface area (Å²) in [6.45, 7) is 8.27. The molecule has 9 nitrogen and oxygen atoms in total. The average molecular weight is 466 g/mol. The van der Waals surface area contributed by atoms with Crippen LogP contribution in [0, 0.1) is 10.1 Å². The van der Waals surface area contributed by atoms with Crippen molar-refractivity contribution in [2.24, 2.45) is 0 Å². The second-order valence-corrected chi connectivity index (χ2v) is 8.62. The maximum atomic E-state index is 13.0. The maximum absolute atomic E-state index is 13.0. The van der Waals surface area contributed by atoms with E-state index in [1.54, 1.807) is 0 Å². The van der Waals surface area contributed by atoms with Crippen molar-refractivity contribution in [3.05, 3.63) is 51.4 Å². The lowest BCUT2D eigenvalue weighted by atomic mass is 10.0. The van der Waals surface area contributed by atoms with Crippen LogP contribution in [0.1, 0.15) is 39.2 Å². The molecule has 0 N–H and O–H groups in total. The van der Waals surface area contributed by atoms with Crippen LogP contribution in [0.2, 0.25) is 0 Å². The van der Waals surface area contributed by atoms with E-state index in [4.69, 9.17) is 4.74 Å². The molecular formula is C22H31N3O6S. The first-order valence-corrected chi connectivity index (χ1v) is 12.1. The topological polar surface area (TPSA) is 113 Å². The molecule has 1 saturated heterocycles. The standard InChI is InChI=1S/C22H31N3O6S/c1-5-25(6-2,7-3)19-14-20(27)23(19)21(18(26)12-13-32-4)22(28)31-15-16-8-10-17(11-9-16)24(29)30/h8-11,19H,5-7,12-15H2,1-4H3. The van der Waals surface area contributed by atoms with Crippen molar-refractivity contribution >= 4 is 29.3 Å². The molecule has 1 aliphatic rings. The van der Waals surface area contributed by atoms with Gasteiger partial charge in [-0.2, -0.15) is 11.8 Å². The number of rotatable bonds is 12. The number of carbonyl (C=O) groups is 2. The molecule has 176 valence electrons. The number of allylic oxidation sites excluding steroid dienone is 1. The van der Waals surface area contributed by atoms with Crippen molar-refractivity contribution in [1.82, 2.24) is 4.90 Å². The summed E-state index contributed by atoms with van der Waals surface area (Å²) in [4.78, 5) is 37.2. The number of thioether (sulfide) groups is 1. The summed E-state index contributed by atoms with van der Waals surface area (Å²) >= 11 is 1.48. The van der Waals surface area contributed by atoms with E-state index in [1.807, 2.05) is 27.0 Å². The molecule has 0 aromatic heterocycles. The Bertz CT molecular complexity index is 859. The average Bonchev–Trinajstić information content (AvgIpc) is 2.80. The fourth-order valence-electron chi connectivity index (χ4n) is 4.01. The van der Waals surface area contributed by atoms with Crippen LogP contribution < -0.4 is 5.11 Å². The highest BCUT2D eigenvalue weighted by atomic mass is 32.2. The molecule has 1 atom stereocenters. The van der Waals surface area contributed by atoms with Gasteiger partial charge in [0.2, 0.25) is 5.91 Å². The Morgan fingerprint density at radius 3 is 2.28 bits per heavy atom. The van der Waals surface area contributed by atoms with Crippen LogP contribution in [0.25, 0.3) is 0 Å². The number of nitrogens with zero attached hydrogens (tertiary/aromatic N) is 3. The number of esters is 1. The number of ether oxygens (including phenoxy) is 1. The summed E-state index contributed by atoms with van der Waals surface area (Å²) in [7, 11) is 0. The monoisotopic (exact) mass is 465 g/mol. The molecule has 1 aliphatic heterocycles. The van der Waals surface area contributed by atoms with E-state index in [0.717, 1.165) is 19.6 Å². The lowest BCUT2D eigenvalue weighted by molar-refractivity contribution is -0.958. The van der Waals surface area contributed by atoms with Crippen molar-refractivity contribution in [3.63, 3.8) is 0 Å². The van der Waals surface area contributed by atoms with Crippen LogP contribution in [0.15, 0.2) is 35.7 Å². The number of β-lactam (4-membered cyclic amide) rings is 1. The molecule has 0 aliphatic carbocycles. The summed E-state index contributed by atoms with van der Waals surface area (Å²) in [5, 5.41) is 23.8. The Labute approximate surface area is 192 Å². The van der Waals surface area contributed by atoms with Crippen molar-refractivity contribution in [3.8, 4) is 0 Å². The Balaban J connectivity index is 2.29. The van der Waals surface area contributed by atoms with Gasteiger partial charge in [0, 0.05) is 12.1 Å². The zero-order valence-corrected chi connectivity index (χ0v) is 19.9. The molecule has 1 amide bonds. The largest absolute Gasteiger partial charge is 0.874 e. The number of nitro groups is 1. The number of benzene rings is 1. The minimum absolute atomic E-state index is 0.0682. The first kappa shape index (κ1) is 25.7. The number of hydrogen-bond donors (Lipinski definition) is 0. The molecular weight excluding hydrogens is 434 g/mol. The molecule has 1 heterocycles. The molecule has 0 saturated carbocycles. The van der Waals surface area contributed by atoms with Crippen LogP contribution in [0.3, 0.4) is 0 Å². The van der Waals surface area contributed by atoms with E-state index in [9.17, 15) is 24.8 Å². The third kappa shape index (κ3) is 5.42. The fraction of sp³-hybridized carbons (Fsp3) is 0.545. The van der Waals surface area contributed by atoms with E-state index < -0.39 is 16.7 Å². The number of carbonyl (C=O) groups excluding carboxylic acids is 2. The minimum Gasteiger partial charge on any atom is -0.874 e. The molecule has 1 aromatic rings. The Kier molecular flexibility index (Phi) is 9.09. The fourth-order valence-corrected chi connectivity index (χ4v) is 4.40. The van der Waals surface area contributed by atoms with Crippen molar-refractivity contribution in [1.29, 1.82) is 0 Å². The van der Waals surface area contributed by atoms with E-state index in [-0.39, 0.29) is 42.9 Å². The Morgan fingerprint density at radius 1 is 1.22 bits per heavy atom. The lowest BCUT2D eigenvalue weighted by Gasteiger charge is -2.53. The maximum Gasteiger partial charge on any atom is 0.354 e. The summed E-state index contributed by atoms with van der Waals surface area (Å²) in [6, 6.07) is 5.63. The number of nitro benzene ring substituents is 1. The van der Waals surface area contributed by atoms with E-state index in [0.29, 0.717) is 15.8 Å². The molecule has 0 radical (unpaired) electrons. The highest BCUT2D eigenvalue weighted by molar-refractivity contribution is 7.98. The van der Waals surface area contributed by atoms with Gasteiger partial charge in [-0.1, -0.05) is 5.76 Å². The molecule has 2 rings (SSSR count). The Morgan fingerprint density at radius 2 is 1.81 bits per heavy atom. The van der Waals surface area contributed by atoms with Gasteiger partial charge in [0.05, 0.1) is 24.6 Å². The first-order chi connectivity index (χ1) is 15.2. The van der Waals surface area contributed by atoms with Gasteiger partial charge in [0.15, 0.2) is 6.17 Å². The molecule has 0 bridgehead atoms. The van der Waals surface area contributed by atoms with Crippen LogP contribution >= 0.6 is 11.8 Å². The van der Waals surface area contributed by atoms with Gasteiger partial charge in [-0.05, 0) is 56.9 Å². The number of likely N-dealkylation sites (tertiary alicyclic amines) is 1. The highest BCUT2D eigenvalue weighted by Gasteiger charge is 2.52. The van der Waals surface area contributed by atoms with Crippen LogP contribution in [-0.2, 0) is 20.9 Å². The molecule has 1 unspecified atom stereocenters. The van der Waals surface area contributed by atoms with Gasteiger partial charge in [-0.3, -0.25) is 19.8 Å². The zero-order chi connectivity index (χ0) is 23.9. The SMILES string of the molecule is CC[N+](CC)(CC)C1CC(=O)N1/C(C(=O)OCc1ccc([N+](=O)[O-])cc1)=C(/[O-])CCSC. The van der Waals surface area contributed by atoms with Crippen molar-refractivity contribution < 1.29 is 28.8 Å². The second kappa shape index (κ2) is 11.3. The van der Waals surface area contributed by atoms with Crippen molar-refractivity contribution in [2.75, 3.05) is 31.6 Å². The number of amides is 1. The quantitative estimate of drug-likeness (QED) is 0.0886. The predicted molar refractivity (Wildman–Crippen MR) is 120 cm³/mol. The van der Waals surface area contributed by atoms with Crippen LogP contribution in [0.4, 0.5) is 5.69 Å². The van der Waals surface area contributed by atoms with Gasteiger partial charge >= 0.3 is 5.97 Å². The molecule has 32 heavy (non-hydrogen) atoms. The van der Waals surface area contributed by atoms with Crippen molar-refractivity contribution in [2.45, 2.75) is 46.4 Å². The van der Waals surface area contributed by atoms with Gasteiger partial charge in [0.25, 0.3) is 5.69 Å². The Hall–Kier alpha value is -2.59. The number of non-ortho nitro benzene ring substituents is 1. The van der Waals surface area contributed by atoms with Gasteiger partial charge in [-0.25, -0.2) is 4.79 Å². The first-order valence-electron chi connectivity index (χ1n) is 10.7. The summed E-state index contributed by atoms with van der Waals surface area (Å²) in [6.07, 6.45) is 2.00. The third-order valence-electron chi connectivity index (χ3n) is 6.19. The summed E-state index contributed by atoms with van der Waals surface area (Å²) in [5.74, 6) is -0.978. The minimum atomic E-state index is -0.839. The molecule has 1 fully saturated rings. The lowest BCUT2D eigenvalue weighted by Crippen LogP contribution is -2.70. The summed E-state index contributed by atoms with van der Waals surface area (Å²) < 4.78 is 5.98. The predicted octanol–water partition coefficient (Wildman–Crippen LogP) is 2.40. The number of quaternary nitrogens is 1. The van der Waals surface area contributed by atoms with E-state index in [2.05, 4.69) is 0 Å². The summed E-state index contributed by atoms with van der Waals surface area (Å²) in [5.41, 5.74) is 0.272. The van der Waals surface area contributed by atoms with E-state index in [1.165, 1.54) is 40.9 Å². The third-order valence-corrected chi connectivity index (χ3v) is 6.81. The second-order valence-electron chi connectivity index (χ2n) is 7.63. The normalized spacial score (nSPS) is 16.9. The van der Waals surface area contributed by atoms with Crippen LogP contribution in [-0.4, -0.2) is 64.0 Å².